The van der Waals surface area contributed by atoms with Gasteiger partial charge >= 0.3 is 0 Å². The van der Waals surface area contributed by atoms with Crippen molar-refractivity contribution in [2.24, 2.45) is 0 Å². The highest BCUT2D eigenvalue weighted by molar-refractivity contribution is 7.11. The number of rotatable bonds is 3. The Morgan fingerprint density at radius 2 is 2.08 bits per heavy atom. The molecule has 1 heterocycles. The van der Waals surface area contributed by atoms with Crippen molar-refractivity contribution in [3.63, 3.8) is 0 Å². The molecule has 0 saturated carbocycles. The van der Waals surface area contributed by atoms with Crippen molar-refractivity contribution in [3.05, 3.63) is 47.5 Å². The maximum Gasteiger partial charge on any atom is 0.273 e. The molecule has 0 aliphatic rings. The van der Waals surface area contributed by atoms with Crippen molar-refractivity contribution in [2.45, 2.75) is 6.61 Å². The molecule has 0 unspecified atom stereocenters. The summed E-state index contributed by atoms with van der Waals surface area (Å²) in [7, 11) is 0. The summed E-state index contributed by atoms with van der Waals surface area (Å²) in [6.45, 7) is 0.592. The molecule has 1 aromatic carbocycles. The van der Waals surface area contributed by atoms with E-state index in [2.05, 4.69) is 4.98 Å². The largest absolute Gasteiger partial charge is 0.465 e. The van der Waals surface area contributed by atoms with Crippen LogP contribution in [0.5, 0.6) is 5.19 Å². The van der Waals surface area contributed by atoms with Crippen molar-refractivity contribution < 1.29 is 4.74 Å². The van der Waals surface area contributed by atoms with Crippen LogP contribution < -0.4 is 4.74 Å². The summed E-state index contributed by atoms with van der Waals surface area (Å²) in [5.41, 5.74) is 1.16. The molecule has 0 N–H and O–H groups in total. The van der Waals surface area contributed by atoms with Crippen LogP contribution >= 0.6 is 11.3 Å². The lowest BCUT2D eigenvalue weighted by atomic mass is 10.2. The Morgan fingerprint density at radius 1 is 1.23 bits per heavy atom. The van der Waals surface area contributed by atoms with Crippen molar-refractivity contribution >= 4 is 11.3 Å². The third-order valence-electron chi connectivity index (χ3n) is 1.61. The Morgan fingerprint density at radius 3 is 2.77 bits per heavy atom. The molecular weight excluding hydrogens is 182 g/mol. The summed E-state index contributed by atoms with van der Waals surface area (Å²) >= 11 is 1.51. The van der Waals surface area contributed by atoms with Gasteiger partial charge in [0, 0.05) is 11.6 Å². The molecule has 0 spiro atoms. The monoisotopic (exact) mass is 191 g/mol. The Bertz CT molecular complexity index is 344. The van der Waals surface area contributed by atoms with Crippen molar-refractivity contribution in [3.8, 4) is 5.19 Å². The Labute approximate surface area is 80.8 Å². The van der Waals surface area contributed by atoms with Gasteiger partial charge in [0.1, 0.15) is 6.61 Å². The smallest absolute Gasteiger partial charge is 0.273 e. The number of hydrogen-bond acceptors (Lipinski definition) is 3. The predicted molar refractivity (Wildman–Crippen MR) is 52.9 cm³/mol. The van der Waals surface area contributed by atoms with E-state index in [1.54, 1.807) is 6.20 Å². The molecule has 66 valence electrons. The highest BCUT2D eigenvalue weighted by Crippen LogP contribution is 2.15. The van der Waals surface area contributed by atoms with E-state index in [9.17, 15) is 0 Å². The Hall–Kier alpha value is -1.35. The van der Waals surface area contributed by atoms with Crippen LogP contribution in [-0.2, 0) is 6.61 Å². The van der Waals surface area contributed by atoms with Crippen molar-refractivity contribution in [2.75, 3.05) is 0 Å². The van der Waals surface area contributed by atoms with Crippen LogP contribution in [0, 0.1) is 0 Å². The fourth-order valence-corrected chi connectivity index (χ4v) is 1.49. The minimum Gasteiger partial charge on any atom is -0.465 e. The van der Waals surface area contributed by atoms with Gasteiger partial charge in [0.25, 0.3) is 5.19 Å². The van der Waals surface area contributed by atoms with Gasteiger partial charge in [-0.3, -0.25) is 0 Å². The summed E-state index contributed by atoms with van der Waals surface area (Å²) < 4.78 is 5.44. The van der Waals surface area contributed by atoms with E-state index in [0.717, 1.165) is 10.8 Å². The molecule has 1 aromatic heterocycles. The number of nitrogens with zero attached hydrogens (tertiary/aromatic N) is 1. The van der Waals surface area contributed by atoms with Gasteiger partial charge in [-0.1, -0.05) is 41.7 Å². The maximum absolute atomic E-state index is 5.44. The first-order chi connectivity index (χ1) is 6.45. The summed E-state index contributed by atoms with van der Waals surface area (Å²) in [5, 5.41) is 2.63. The zero-order chi connectivity index (χ0) is 8.93. The Kier molecular flexibility index (Phi) is 2.57. The number of ether oxygens (including phenoxy) is 1. The maximum atomic E-state index is 5.44. The van der Waals surface area contributed by atoms with Gasteiger partial charge in [-0.15, -0.1) is 0 Å². The van der Waals surface area contributed by atoms with Gasteiger partial charge in [-0.25, -0.2) is 4.98 Å². The molecule has 2 rings (SSSR count). The number of aromatic nitrogens is 1. The molecule has 0 aliphatic heterocycles. The zero-order valence-corrected chi connectivity index (χ0v) is 7.83. The molecule has 0 saturated heterocycles. The summed E-state index contributed by atoms with van der Waals surface area (Å²) in [6.07, 6.45) is 1.74. The van der Waals surface area contributed by atoms with E-state index in [-0.39, 0.29) is 0 Å². The molecule has 2 nitrogen and oxygen atoms in total. The topological polar surface area (TPSA) is 22.1 Å². The standard InChI is InChI=1S/C10H9NOS/c1-2-4-9(5-3-1)8-12-10-11-6-7-13-10/h1-7H,8H2. The third-order valence-corrected chi connectivity index (χ3v) is 2.30. The van der Waals surface area contributed by atoms with E-state index in [4.69, 9.17) is 4.74 Å². The van der Waals surface area contributed by atoms with Gasteiger partial charge in [0.05, 0.1) is 0 Å². The average Bonchev–Trinajstić information content (AvgIpc) is 2.69. The number of benzene rings is 1. The highest BCUT2D eigenvalue weighted by atomic mass is 32.1. The van der Waals surface area contributed by atoms with Crippen molar-refractivity contribution in [1.29, 1.82) is 0 Å². The first-order valence-electron chi connectivity index (χ1n) is 4.01. The van der Waals surface area contributed by atoms with Gasteiger partial charge in [0.2, 0.25) is 0 Å². The van der Waals surface area contributed by atoms with Gasteiger partial charge in [0.15, 0.2) is 0 Å². The SMILES string of the molecule is c1ccc(COc2nccs2)cc1. The second kappa shape index (κ2) is 4.05. The van der Waals surface area contributed by atoms with Gasteiger partial charge in [-0.2, -0.15) is 0 Å². The van der Waals surface area contributed by atoms with Gasteiger partial charge < -0.3 is 4.74 Å². The van der Waals surface area contributed by atoms with E-state index in [1.165, 1.54) is 11.3 Å². The Balaban J connectivity index is 1.94. The molecule has 13 heavy (non-hydrogen) atoms. The summed E-state index contributed by atoms with van der Waals surface area (Å²) in [4.78, 5) is 4.03. The molecule has 0 bridgehead atoms. The van der Waals surface area contributed by atoms with E-state index in [0.29, 0.717) is 6.61 Å². The molecule has 0 radical (unpaired) electrons. The molecule has 0 fully saturated rings. The second-order valence-corrected chi connectivity index (χ2v) is 3.43. The molecule has 0 aliphatic carbocycles. The normalized spacial score (nSPS) is 9.85. The van der Waals surface area contributed by atoms with Crippen LogP contribution in [-0.4, -0.2) is 4.98 Å². The minimum atomic E-state index is 0.592. The van der Waals surface area contributed by atoms with Crippen LogP contribution in [0.25, 0.3) is 0 Å². The fraction of sp³-hybridized carbons (Fsp3) is 0.100. The number of thiazole rings is 1. The lowest BCUT2D eigenvalue weighted by Crippen LogP contribution is -1.93. The van der Waals surface area contributed by atoms with E-state index >= 15 is 0 Å². The van der Waals surface area contributed by atoms with E-state index in [1.807, 2.05) is 35.7 Å². The van der Waals surface area contributed by atoms with Crippen molar-refractivity contribution in [1.82, 2.24) is 4.98 Å². The van der Waals surface area contributed by atoms with Crippen LogP contribution in [0.4, 0.5) is 0 Å². The van der Waals surface area contributed by atoms with Crippen LogP contribution in [0.3, 0.4) is 0 Å². The molecular formula is C10H9NOS. The third kappa shape index (κ3) is 2.29. The average molecular weight is 191 g/mol. The summed E-state index contributed by atoms with van der Waals surface area (Å²) in [5.74, 6) is 0. The fourth-order valence-electron chi connectivity index (χ4n) is 1.00. The van der Waals surface area contributed by atoms with Crippen LogP contribution in [0.1, 0.15) is 5.56 Å². The van der Waals surface area contributed by atoms with Crippen LogP contribution in [0.15, 0.2) is 41.9 Å². The highest BCUT2D eigenvalue weighted by Gasteiger charge is 1.95. The molecule has 0 atom stereocenters. The van der Waals surface area contributed by atoms with E-state index < -0.39 is 0 Å². The zero-order valence-electron chi connectivity index (χ0n) is 7.01. The predicted octanol–water partition coefficient (Wildman–Crippen LogP) is 2.72. The second-order valence-electron chi connectivity index (χ2n) is 2.57. The lowest BCUT2D eigenvalue weighted by molar-refractivity contribution is 0.304. The minimum absolute atomic E-state index is 0.592. The summed E-state index contributed by atoms with van der Waals surface area (Å²) in [6, 6.07) is 10.1. The van der Waals surface area contributed by atoms with Crippen LogP contribution in [0.2, 0.25) is 0 Å². The molecule has 2 aromatic rings. The molecule has 0 amide bonds. The quantitative estimate of drug-likeness (QED) is 0.744. The first kappa shape index (κ1) is 8.26. The molecule has 3 heteroatoms. The van der Waals surface area contributed by atoms with Gasteiger partial charge in [-0.05, 0) is 5.56 Å². The lowest BCUT2D eigenvalue weighted by Gasteiger charge is -2.00. The number of hydrogen-bond donors (Lipinski definition) is 0. The first-order valence-corrected chi connectivity index (χ1v) is 4.89.